The molecule has 0 atom stereocenters. The van der Waals surface area contributed by atoms with Crippen LogP contribution in [0.3, 0.4) is 0 Å². The second kappa shape index (κ2) is 7.08. The maximum Gasteiger partial charge on any atom is 0.246 e. The highest BCUT2D eigenvalue weighted by atomic mass is 127. The monoisotopic (exact) mass is 419 g/mol. The molecule has 6 nitrogen and oxygen atoms in total. The van der Waals surface area contributed by atoms with E-state index in [0.717, 1.165) is 24.6 Å². The molecule has 1 aliphatic rings. The van der Waals surface area contributed by atoms with Crippen LogP contribution in [0.25, 0.3) is 11.4 Å². The van der Waals surface area contributed by atoms with Gasteiger partial charge in [-0.1, -0.05) is 16.8 Å². The first-order valence-corrected chi connectivity index (χ1v) is 6.68. The van der Waals surface area contributed by atoms with E-state index in [1.165, 1.54) is 0 Å². The van der Waals surface area contributed by atoms with Crippen molar-refractivity contribution in [1.82, 2.24) is 20.4 Å². The molecule has 1 aliphatic heterocycles. The van der Waals surface area contributed by atoms with Gasteiger partial charge in [-0.3, -0.25) is 4.99 Å². The molecule has 0 spiro atoms. The predicted molar refractivity (Wildman–Crippen MR) is 91.9 cm³/mol. The maximum atomic E-state index is 5.85. The van der Waals surface area contributed by atoms with E-state index in [1.807, 2.05) is 19.2 Å². The second-order valence-corrected chi connectivity index (χ2v) is 4.94. The van der Waals surface area contributed by atoms with E-state index in [4.69, 9.17) is 16.1 Å². The molecular weight excluding hydrogens is 405 g/mol. The molecule has 0 radical (unpaired) electrons. The Bertz CT molecular complexity index is 628. The van der Waals surface area contributed by atoms with Crippen LogP contribution in [-0.4, -0.2) is 41.1 Å². The Hall–Kier alpha value is -1.35. The number of hydrogen-bond acceptors (Lipinski definition) is 6. The van der Waals surface area contributed by atoms with Gasteiger partial charge in [-0.2, -0.15) is 4.98 Å². The lowest BCUT2D eigenvalue weighted by molar-refractivity contribution is 0.373. The maximum absolute atomic E-state index is 5.85. The smallest absolute Gasteiger partial charge is 0.246 e. The van der Waals surface area contributed by atoms with Crippen LogP contribution in [0.5, 0.6) is 0 Å². The third kappa shape index (κ3) is 3.85. The van der Waals surface area contributed by atoms with Gasteiger partial charge in [0.1, 0.15) is 0 Å². The number of rotatable bonds is 3. The minimum absolute atomic E-state index is 0. The van der Waals surface area contributed by atoms with Crippen LogP contribution in [0.15, 0.2) is 33.8 Å². The fourth-order valence-electron chi connectivity index (χ4n) is 1.92. The van der Waals surface area contributed by atoms with Crippen molar-refractivity contribution in [2.75, 3.05) is 20.1 Å². The van der Waals surface area contributed by atoms with E-state index in [9.17, 15) is 0 Å². The van der Waals surface area contributed by atoms with Crippen molar-refractivity contribution in [3.05, 3.63) is 35.2 Å². The molecule has 0 amide bonds. The van der Waals surface area contributed by atoms with Crippen LogP contribution < -0.4 is 5.32 Å². The average Bonchev–Trinajstić information content (AvgIpc) is 3.06. The zero-order valence-corrected chi connectivity index (χ0v) is 14.5. The lowest BCUT2D eigenvalue weighted by Crippen LogP contribution is -2.35. The van der Waals surface area contributed by atoms with E-state index >= 15 is 0 Å². The van der Waals surface area contributed by atoms with Gasteiger partial charge >= 0.3 is 0 Å². The van der Waals surface area contributed by atoms with Gasteiger partial charge in [0.15, 0.2) is 5.96 Å². The van der Waals surface area contributed by atoms with Gasteiger partial charge in [0.05, 0.1) is 13.1 Å². The van der Waals surface area contributed by atoms with Crippen LogP contribution in [0, 0.1) is 0 Å². The molecule has 8 heteroatoms. The highest BCUT2D eigenvalue weighted by Gasteiger charge is 2.14. The van der Waals surface area contributed by atoms with E-state index in [2.05, 4.69) is 25.3 Å². The van der Waals surface area contributed by atoms with Gasteiger partial charge in [0.25, 0.3) is 0 Å². The van der Waals surface area contributed by atoms with Gasteiger partial charge < -0.3 is 14.7 Å². The molecule has 0 unspecified atom stereocenters. The van der Waals surface area contributed by atoms with Crippen molar-refractivity contribution in [2.24, 2.45) is 4.99 Å². The molecule has 0 saturated heterocycles. The van der Waals surface area contributed by atoms with E-state index < -0.39 is 0 Å². The highest BCUT2D eigenvalue weighted by molar-refractivity contribution is 14.0. The van der Waals surface area contributed by atoms with Crippen molar-refractivity contribution in [1.29, 1.82) is 0 Å². The van der Waals surface area contributed by atoms with Crippen molar-refractivity contribution in [3.8, 4) is 11.4 Å². The van der Waals surface area contributed by atoms with E-state index in [-0.39, 0.29) is 24.0 Å². The van der Waals surface area contributed by atoms with Crippen molar-refractivity contribution in [3.63, 3.8) is 0 Å². The molecule has 0 saturated carbocycles. The number of hydrogen-bond donors (Lipinski definition) is 1. The summed E-state index contributed by atoms with van der Waals surface area (Å²) in [4.78, 5) is 10.7. The van der Waals surface area contributed by atoms with Crippen molar-refractivity contribution >= 4 is 41.5 Å². The third-order valence-corrected chi connectivity index (χ3v) is 3.28. The van der Waals surface area contributed by atoms with Crippen LogP contribution >= 0.6 is 35.6 Å². The summed E-state index contributed by atoms with van der Waals surface area (Å²) >= 11 is 5.85. The Morgan fingerprint density at radius 2 is 2.10 bits per heavy atom. The average molecular weight is 420 g/mol. The number of guanidine groups is 1. The van der Waals surface area contributed by atoms with Crippen molar-refractivity contribution < 1.29 is 4.52 Å². The van der Waals surface area contributed by atoms with Gasteiger partial charge in [0, 0.05) is 24.2 Å². The lowest BCUT2D eigenvalue weighted by Gasteiger charge is -2.13. The number of aromatic nitrogens is 2. The lowest BCUT2D eigenvalue weighted by atomic mass is 10.2. The van der Waals surface area contributed by atoms with E-state index in [1.54, 1.807) is 12.1 Å². The number of halogens is 2. The Morgan fingerprint density at radius 3 is 2.76 bits per heavy atom. The summed E-state index contributed by atoms with van der Waals surface area (Å²) in [6, 6.07) is 7.32. The Kier molecular flexibility index (Phi) is 5.40. The summed E-state index contributed by atoms with van der Waals surface area (Å²) in [5.41, 5.74) is 0.875. The van der Waals surface area contributed by atoms with Gasteiger partial charge in [-0.25, -0.2) is 0 Å². The zero-order chi connectivity index (χ0) is 13.9. The first-order valence-electron chi connectivity index (χ1n) is 6.30. The van der Waals surface area contributed by atoms with E-state index in [0.29, 0.717) is 23.3 Å². The quantitative estimate of drug-likeness (QED) is 0.774. The summed E-state index contributed by atoms with van der Waals surface area (Å²) < 4.78 is 5.21. The van der Waals surface area contributed by atoms with Crippen LogP contribution in [-0.2, 0) is 6.54 Å². The molecule has 112 valence electrons. The Balaban J connectivity index is 0.00000161. The first kappa shape index (κ1) is 16.0. The van der Waals surface area contributed by atoms with Crippen molar-refractivity contribution in [2.45, 2.75) is 6.54 Å². The molecule has 1 N–H and O–H groups in total. The topological polar surface area (TPSA) is 66.5 Å². The number of aliphatic imine (C=N–C) groups is 1. The standard InChI is InChI=1S/C13H14ClN5O.HI/c1-19-7-6-15-13(19)16-8-11-17-12(18-20-11)9-2-4-10(14)5-3-9;/h2-5H,6-8H2,1H3,(H,15,16);1H. The molecule has 2 heterocycles. The number of likely N-dealkylation sites (N-methyl/N-ethyl adjacent to an activating group) is 1. The fourth-order valence-corrected chi connectivity index (χ4v) is 2.05. The molecular formula is C13H15ClIN5O. The third-order valence-electron chi connectivity index (χ3n) is 3.03. The number of benzene rings is 1. The van der Waals surface area contributed by atoms with Crippen LogP contribution in [0.1, 0.15) is 5.89 Å². The summed E-state index contributed by atoms with van der Waals surface area (Å²) in [5, 5.41) is 7.82. The Labute approximate surface area is 144 Å². The summed E-state index contributed by atoms with van der Waals surface area (Å²) in [5.74, 6) is 1.94. The summed E-state index contributed by atoms with van der Waals surface area (Å²) in [6.07, 6.45) is 0. The molecule has 21 heavy (non-hydrogen) atoms. The van der Waals surface area contributed by atoms with Crippen LogP contribution in [0.2, 0.25) is 5.02 Å². The highest BCUT2D eigenvalue weighted by Crippen LogP contribution is 2.18. The SMILES string of the molecule is CN1CCN=C1NCc1nc(-c2ccc(Cl)cc2)no1.I. The Morgan fingerprint density at radius 1 is 1.33 bits per heavy atom. The second-order valence-electron chi connectivity index (χ2n) is 4.50. The molecule has 3 rings (SSSR count). The van der Waals surface area contributed by atoms with Gasteiger partial charge in [-0.05, 0) is 24.3 Å². The molecule has 0 fully saturated rings. The molecule has 2 aromatic rings. The minimum atomic E-state index is 0. The fraction of sp³-hybridized carbons (Fsp3) is 0.308. The van der Waals surface area contributed by atoms with Gasteiger partial charge in [-0.15, -0.1) is 24.0 Å². The zero-order valence-electron chi connectivity index (χ0n) is 11.4. The van der Waals surface area contributed by atoms with Crippen LogP contribution in [0.4, 0.5) is 0 Å². The summed E-state index contributed by atoms with van der Waals surface area (Å²) in [6.45, 7) is 2.21. The van der Waals surface area contributed by atoms with Gasteiger partial charge in [0.2, 0.25) is 11.7 Å². The largest absolute Gasteiger partial charge is 0.347 e. The molecule has 1 aromatic heterocycles. The predicted octanol–water partition coefficient (Wildman–Crippen LogP) is 2.40. The minimum Gasteiger partial charge on any atom is -0.347 e. The molecule has 0 aliphatic carbocycles. The normalized spacial score (nSPS) is 13.8. The molecule has 0 bridgehead atoms. The number of nitrogens with zero attached hydrogens (tertiary/aromatic N) is 4. The first-order chi connectivity index (χ1) is 9.72. The summed E-state index contributed by atoms with van der Waals surface area (Å²) in [7, 11) is 1.99. The molecule has 1 aromatic carbocycles. The number of nitrogens with one attached hydrogen (secondary N) is 1.